The third-order valence-corrected chi connectivity index (χ3v) is 5.17. The zero-order chi connectivity index (χ0) is 18.8. The second kappa shape index (κ2) is 6.73. The summed E-state index contributed by atoms with van der Waals surface area (Å²) in [7, 11) is -1.73. The van der Waals surface area contributed by atoms with Crippen LogP contribution < -0.4 is 9.04 Å². The number of nitro benzene ring substituents is 2. The highest BCUT2D eigenvalue weighted by Gasteiger charge is 2.27. The van der Waals surface area contributed by atoms with E-state index in [0.29, 0.717) is 0 Å². The Morgan fingerprint density at radius 1 is 1.00 bits per heavy atom. The first-order valence-electron chi connectivity index (χ1n) is 6.74. The number of nitro groups is 2. The van der Waals surface area contributed by atoms with Gasteiger partial charge in [-0.3, -0.25) is 24.5 Å². The van der Waals surface area contributed by atoms with Crippen LogP contribution in [0.3, 0.4) is 0 Å². The van der Waals surface area contributed by atoms with Gasteiger partial charge in [0.15, 0.2) is 0 Å². The largest absolute Gasteiger partial charge is 0.495 e. The van der Waals surface area contributed by atoms with Crippen LogP contribution >= 0.6 is 0 Å². The van der Waals surface area contributed by atoms with E-state index in [1.165, 1.54) is 38.4 Å². The molecule has 0 unspecified atom stereocenters. The summed E-state index contributed by atoms with van der Waals surface area (Å²) in [6.45, 7) is 0. The molecular formula is C14H13N3O7S. The van der Waals surface area contributed by atoms with Gasteiger partial charge >= 0.3 is 0 Å². The van der Waals surface area contributed by atoms with Crippen LogP contribution in [0, 0.1) is 20.2 Å². The summed E-state index contributed by atoms with van der Waals surface area (Å²) >= 11 is 0. The smallest absolute Gasteiger partial charge is 0.271 e. The van der Waals surface area contributed by atoms with Gasteiger partial charge in [0.05, 0.1) is 21.9 Å². The molecule has 0 aliphatic carbocycles. The Labute approximate surface area is 142 Å². The van der Waals surface area contributed by atoms with E-state index in [4.69, 9.17) is 4.74 Å². The van der Waals surface area contributed by atoms with E-state index in [1.54, 1.807) is 0 Å². The van der Waals surface area contributed by atoms with Crippen molar-refractivity contribution in [1.29, 1.82) is 0 Å². The Bertz CT molecular complexity index is 943. The molecule has 0 spiro atoms. The van der Waals surface area contributed by atoms with Crippen LogP contribution in [0.1, 0.15) is 0 Å². The molecule has 0 amide bonds. The van der Waals surface area contributed by atoms with Crippen molar-refractivity contribution in [1.82, 2.24) is 0 Å². The van der Waals surface area contributed by atoms with E-state index in [9.17, 15) is 28.6 Å². The molecule has 2 aromatic carbocycles. The van der Waals surface area contributed by atoms with Gasteiger partial charge in [-0.2, -0.15) is 0 Å². The lowest BCUT2D eigenvalue weighted by Crippen LogP contribution is -2.27. The summed E-state index contributed by atoms with van der Waals surface area (Å²) in [4.78, 5) is 20.1. The molecule has 0 saturated carbocycles. The first-order chi connectivity index (χ1) is 11.7. The van der Waals surface area contributed by atoms with Crippen LogP contribution in [0.25, 0.3) is 0 Å². The predicted molar refractivity (Wildman–Crippen MR) is 88.3 cm³/mol. The highest BCUT2D eigenvalue weighted by atomic mass is 32.2. The molecular weight excluding hydrogens is 354 g/mol. The van der Waals surface area contributed by atoms with E-state index < -0.39 is 19.9 Å². The maximum absolute atomic E-state index is 12.7. The average Bonchev–Trinajstić information content (AvgIpc) is 2.60. The Kier molecular flexibility index (Phi) is 4.88. The van der Waals surface area contributed by atoms with Crippen molar-refractivity contribution in [2.45, 2.75) is 4.90 Å². The zero-order valence-electron chi connectivity index (χ0n) is 13.1. The molecule has 0 aliphatic heterocycles. The first kappa shape index (κ1) is 18.1. The summed E-state index contributed by atoms with van der Waals surface area (Å²) in [6, 6.07) is 8.01. The summed E-state index contributed by atoms with van der Waals surface area (Å²) < 4.78 is 31.3. The number of nitrogens with zero attached hydrogens (tertiary/aromatic N) is 3. The quantitative estimate of drug-likeness (QED) is 0.565. The van der Waals surface area contributed by atoms with Gasteiger partial charge in [-0.25, -0.2) is 8.42 Å². The molecule has 0 atom stereocenters. The molecule has 2 aromatic rings. The van der Waals surface area contributed by atoms with Gasteiger partial charge < -0.3 is 4.74 Å². The molecule has 11 heteroatoms. The highest BCUT2D eigenvalue weighted by Crippen LogP contribution is 2.34. The first-order valence-corrected chi connectivity index (χ1v) is 8.18. The second-order valence-electron chi connectivity index (χ2n) is 4.84. The molecule has 25 heavy (non-hydrogen) atoms. The Morgan fingerprint density at radius 3 is 2.16 bits per heavy atom. The normalized spacial score (nSPS) is 11.0. The fourth-order valence-corrected chi connectivity index (χ4v) is 3.32. The molecule has 0 aromatic heterocycles. The van der Waals surface area contributed by atoms with Crippen LogP contribution in [-0.4, -0.2) is 32.4 Å². The van der Waals surface area contributed by atoms with Gasteiger partial charge in [-0.1, -0.05) is 6.07 Å². The lowest BCUT2D eigenvalue weighted by molar-refractivity contribution is -0.385. The number of sulfonamides is 1. The minimum Gasteiger partial charge on any atom is -0.495 e. The molecule has 0 saturated heterocycles. The number of rotatable bonds is 6. The topological polar surface area (TPSA) is 133 Å². The zero-order valence-corrected chi connectivity index (χ0v) is 14.0. The van der Waals surface area contributed by atoms with Crippen LogP contribution in [0.4, 0.5) is 17.1 Å². The average molecular weight is 367 g/mol. The lowest BCUT2D eigenvalue weighted by Gasteiger charge is -2.21. The van der Waals surface area contributed by atoms with Crippen molar-refractivity contribution >= 4 is 27.1 Å². The van der Waals surface area contributed by atoms with Crippen molar-refractivity contribution in [3.8, 4) is 5.75 Å². The second-order valence-corrected chi connectivity index (χ2v) is 6.81. The number of anilines is 1. The summed E-state index contributed by atoms with van der Waals surface area (Å²) in [6.07, 6.45) is 0. The molecule has 10 nitrogen and oxygen atoms in total. The van der Waals surface area contributed by atoms with Crippen LogP contribution in [0.5, 0.6) is 5.75 Å². The third kappa shape index (κ3) is 3.50. The fraction of sp³-hybridized carbons (Fsp3) is 0.143. The Balaban J connectivity index is 2.57. The Hall–Kier alpha value is -3.21. The van der Waals surface area contributed by atoms with Gasteiger partial charge in [-0.15, -0.1) is 0 Å². The summed E-state index contributed by atoms with van der Waals surface area (Å²) in [5.41, 5.74) is -0.777. The van der Waals surface area contributed by atoms with Gasteiger partial charge in [0.25, 0.3) is 21.4 Å². The SMILES string of the molecule is COc1ccc([N+](=O)[O-])cc1N(C)S(=O)(=O)c1cccc([N+](=O)[O-])c1. The number of non-ortho nitro benzene ring substituents is 2. The van der Waals surface area contributed by atoms with Crippen molar-refractivity contribution in [3.63, 3.8) is 0 Å². The standard InChI is InChI=1S/C14H13N3O7S/c1-15(13-9-11(17(20)21)6-7-14(13)24-2)25(22,23)12-5-3-4-10(8-12)16(18)19/h3-9H,1-2H3. The van der Waals surface area contributed by atoms with Gasteiger partial charge in [0.2, 0.25) is 0 Å². The maximum Gasteiger partial charge on any atom is 0.271 e. The van der Waals surface area contributed by atoms with E-state index in [2.05, 4.69) is 0 Å². The molecule has 0 N–H and O–H groups in total. The molecule has 132 valence electrons. The number of methoxy groups -OCH3 is 1. The monoisotopic (exact) mass is 367 g/mol. The Morgan fingerprint density at radius 2 is 1.60 bits per heavy atom. The number of benzene rings is 2. The van der Waals surface area contributed by atoms with Crippen LogP contribution in [0.2, 0.25) is 0 Å². The van der Waals surface area contributed by atoms with Crippen molar-refractivity contribution in [2.75, 3.05) is 18.5 Å². The number of hydrogen-bond donors (Lipinski definition) is 0. The van der Waals surface area contributed by atoms with Crippen LogP contribution in [-0.2, 0) is 10.0 Å². The third-order valence-electron chi connectivity index (χ3n) is 3.40. The highest BCUT2D eigenvalue weighted by molar-refractivity contribution is 7.92. The van der Waals surface area contributed by atoms with E-state index >= 15 is 0 Å². The summed E-state index contributed by atoms with van der Waals surface area (Å²) in [5.74, 6) is 0.0992. The minimum atomic E-state index is -4.20. The molecule has 0 heterocycles. The minimum absolute atomic E-state index is 0.0665. The van der Waals surface area contributed by atoms with Crippen molar-refractivity contribution in [3.05, 3.63) is 62.7 Å². The van der Waals surface area contributed by atoms with E-state index in [-0.39, 0.29) is 27.7 Å². The van der Waals surface area contributed by atoms with E-state index in [1.807, 2.05) is 0 Å². The van der Waals surface area contributed by atoms with Crippen LogP contribution in [0.15, 0.2) is 47.4 Å². The fourth-order valence-electron chi connectivity index (χ4n) is 2.08. The predicted octanol–water partition coefficient (Wildman–Crippen LogP) is 2.34. The maximum atomic E-state index is 12.7. The van der Waals surface area contributed by atoms with Gasteiger partial charge in [-0.05, 0) is 12.1 Å². The van der Waals surface area contributed by atoms with E-state index in [0.717, 1.165) is 22.5 Å². The molecule has 0 fully saturated rings. The molecule has 0 aliphatic rings. The number of ether oxygens (including phenoxy) is 1. The molecule has 0 bridgehead atoms. The van der Waals surface area contributed by atoms with Gasteiger partial charge in [0.1, 0.15) is 11.4 Å². The molecule has 0 radical (unpaired) electrons. The molecule has 2 rings (SSSR count). The van der Waals surface area contributed by atoms with Crippen molar-refractivity contribution in [2.24, 2.45) is 0 Å². The summed E-state index contributed by atoms with van der Waals surface area (Å²) in [5, 5.41) is 21.8. The van der Waals surface area contributed by atoms with Crippen molar-refractivity contribution < 1.29 is 23.0 Å². The van der Waals surface area contributed by atoms with Gasteiger partial charge in [0, 0.05) is 31.3 Å². The lowest BCUT2D eigenvalue weighted by atomic mass is 10.2. The number of hydrogen-bond acceptors (Lipinski definition) is 7.